The zero-order valence-electron chi connectivity index (χ0n) is 10.4. The number of rotatable bonds is 5. The van der Waals surface area contributed by atoms with Gasteiger partial charge in [0.2, 0.25) is 5.91 Å². The molecule has 0 saturated heterocycles. The molecular formula is C13H16BrF2NOS. The molecule has 0 spiro atoms. The predicted molar refractivity (Wildman–Crippen MR) is 76.4 cm³/mol. The second-order valence-electron chi connectivity index (χ2n) is 4.61. The maximum atomic E-state index is 12.6. The van der Waals surface area contributed by atoms with Gasteiger partial charge in [-0.2, -0.15) is 0 Å². The van der Waals surface area contributed by atoms with Crippen LogP contribution < -0.4 is 0 Å². The van der Waals surface area contributed by atoms with E-state index < -0.39 is 13.0 Å². The largest absolute Gasteiger partial charge is 0.336 e. The van der Waals surface area contributed by atoms with Crippen LogP contribution in [0.15, 0.2) is 11.4 Å². The predicted octanol–water partition coefficient (Wildman–Crippen LogP) is 3.66. The van der Waals surface area contributed by atoms with Crippen molar-refractivity contribution in [3.8, 4) is 0 Å². The molecule has 1 unspecified atom stereocenters. The Morgan fingerprint density at radius 3 is 3.05 bits per heavy atom. The molecule has 1 heterocycles. The Hall–Kier alpha value is -0.490. The molecular weight excluding hydrogens is 336 g/mol. The zero-order chi connectivity index (χ0) is 13.8. The second-order valence-corrected chi connectivity index (χ2v) is 6.40. The normalized spacial score (nSPS) is 18.4. The molecule has 0 saturated carbocycles. The third kappa shape index (κ3) is 3.54. The van der Waals surface area contributed by atoms with Gasteiger partial charge in [-0.25, -0.2) is 8.78 Å². The Morgan fingerprint density at radius 1 is 1.58 bits per heavy atom. The summed E-state index contributed by atoms with van der Waals surface area (Å²) in [5.74, 6) is -0.382. The summed E-state index contributed by atoms with van der Waals surface area (Å²) in [4.78, 5) is 15.0. The smallest absolute Gasteiger partial charge is 0.255 e. The second kappa shape index (κ2) is 6.79. The van der Waals surface area contributed by atoms with Gasteiger partial charge in [-0.05, 0) is 36.3 Å². The van der Waals surface area contributed by atoms with Gasteiger partial charge in [-0.15, -0.1) is 11.3 Å². The molecule has 2 nitrogen and oxygen atoms in total. The van der Waals surface area contributed by atoms with Crippen molar-refractivity contribution in [1.29, 1.82) is 0 Å². The fourth-order valence-corrected chi connectivity index (χ4v) is 3.94. The van der Waals surface area contributed by atoms with E-state index in [0.717, 1.165) is 24.8 Å². The number of hydrogen-bond donors (Lipinski definition) is 0. The zero-order valence-corrected chi connectivity index (χ0v) is 12.9. The van der Waals surface area contributed by atoms with Gasteiger partial charge in [-0.3, -0.25) is 4.79 Å². The molecule has 0 aromatic carbocycles. The van der Waals surface area contributed by atoms with E-state index in [2.05, 4.69) is 15.9 Å². The lowest BCUT2D eigenvalue weighted by atomic mass is 9.86. The molecule has 0 aliphatic heterocycles. The highest BCUT2D eigenvalue weighted by molar-refractivity contribution is 9.09. The fourth-order valence-electron chi connectivity index (χ4n) is 2.52. The van der Waals surface area contributed by atoms with Gasteiger partial charge in [0.15, 0.2) is 0 Å². The molecule has 1 aliphatic rings. The lowest BCUT2D eigenvalue weighted by Crippen LogP contribution is -2.40. The maximum Gasteiger partial charge on any atom is 0.255 e. The summed E-state index contributed by atoms with van der Waals surface area (Å²) >= 11 is 4.88. The number of hydrogen-bond acceptors (Lipinski definition) is 2. The van der Waals surface area contributed by atoms with E-state index in [-0.39, 0.29) is 11.8 Å². The Balaban J connectivity index is 2.14. The minimum Gasteiger partial charge on any atom is -0.336 e. The maximum absolute atomic E-state index is 12.6. The summed E-state index contributed by atoms with van der Waals surface area (Å²) < 4.78 is 25.1. The van der Waals surface area contributed by atoms with E-state index >= 15 is 0 Å². The van der Waals surface area contributed by atoms with Crippen LogP contribution in [0.4, 0.5) is 8.78 Å². The van der Waals surface area contributed by atoms with Crippen LogP contribution in [0.5, 0.6) is 0 Å². The van der Waals surface area contributed by atoms with Crippen LogP contribution in [0.25, 0.3) is 0 Å². The first-order chi connectivity index (χ1) is 9.13. The van der Waals surface area contributed by atoms with E-state index in [9.17, 15) is 13.6 Å². The summed E-state index contributed by atoms with van der Waals surface area (Å²) in [6.07, 6.45) is 0.253. The standard InChI is InChI=1S/C13H16BrF2NOS/c14-5-6-17(8-12(15)16)13(18)10-2-1-3-11-9(10)4-7-19-11/h4,7,10,12H,1-3,5-6,8H2. The average Bonchev–Trinajstić information content (AvgIpc) is 2.85. The number of fused-ring (bicyclic) bond motifs is 1. The molecule has 106 valence electrons. The number of carbonyl (C=O) groups excluding carboxylic acids is 1. The number of amides is 1. The Bertz CT molecular complexity index is 438. The molecule has 19 heavy (non-hydrogen) atoms. The number of thiophene rings is 1. The molecule has 1 aromatic heterocycles. The number of nitrogens with zero attached hydrogens (tertiary/aromatic N) is 1. The van der Waals surface area contributed by atoms with Crippen molar-refractivity contribution in [2.45, 2.75) is 31.6 Å². The Morgan fingerprint density at radius 2 is 2.37 bits per heavy atom. The number of halogens is 3. The lowest BCUT2D eigenvalue weighted by Gasteiger charge is -2.29. The first-order valence-corrected chi connectivity index (χ1v) is 8.32. The minimum absolute atomic E-state index is 0.154. The molecule has 1 aliphatic carbocycles. The van der Waals surface area contributed by atoms with Gasteiger partial charge in [0, 0.05) is 16.8 Å². The topological polar surface area (TPSA) is 20.3 Å². The van der Waals surface area contributed by atoms with Crippen molar-refractivity contribution < 1.29 is 13.6 Å². The van der Waals surface area contributed by atoms with Crippen LogP contribution >= 0.6 is 27.3 Å². The highest BCUT2D eigenvalue weighted by atomic mass is 79.9. The summed E-state index contributed by atoms with van der Waals surface area (Å²) in [6.45, 7) is -0.139. The van der Waals surface area contributed by atoms with Crippen molar-refractivity contribution in [2.24, 2.45) is 0 Å². The monoisotopic (exact) mass is 351 g/mol. The summed E-state index contributed by atoms with van der Waals surface area (Å²) in [7, 11) is 0. The van der Waals surface area contributed by atoms with Gasteiger partial charge < -0.3 is 4.90 Å². The molecule has 1 amide bonds. The summed E-state index contributed by atoms with van der Waals surface area (Å²) in [6, 6.07) is 1.97. The highest BCUT2D eigenvalue weighted by Gasteiger charge is 2.31. The van der Waals surface area contributed by atoms with E-state index in [1.54, 1.807) is 11.3 Å². The van der Waals surface area contributed by atoms with Crippen LogP contribution in [0, 0.1) is 0 Å². The molecule has 0 bridgehead atoms. The third-order valence-electron chi connectivity index (χ3n) is 3.37. The van der Waals surface area contributed by atoms with Crippen LogP contribution in [-0.2, 0) is 11.2 Å². The van der Waals surface area contributed by atoms with Gasteiger partial charge in [0.1, 0.15) is 0 Å². The molecule has 1 aromatic rings. The van der Waals surface area contributed by atoms with E-state index in [4.69, 9.17) is 0 Å². The molecule has 1 atom stereocenters. The molecule has 0 N–H and O–H groups in total. The molecule has 0 fully saturated rings. The number of carbonyl (C=O) groups is 1. The quantitative estimate of drug-likeness (QED) is 0.741. The van der Waals surface area contributed by atoms with Crippen molar-refractivity contribution in [2.75, 3.05) is 18.4 Å². The number of alkyl halides is 3. The van der Waals surface area contributed by atoms with Gasteiger partial charge >= 0.3 is 0 Å². The van der Waals surface area contributed by atoms with E-state index in [1.165, 1.54) is 9.78 Å². The lowest BCUT2D eigenvalue weighted by molar-refractivity contribution is -0.134. The summed E-state index contributed by atoms with van der Waals surface area (Å²) in [5.41, 5.74) is 1.05. The van der Waals surface area contributed by atoms with Gasteiger partial charge in [0.25, 0.3) is 6.43 Å². The van der Waals surface area contributed by atoms with Crippen molar-refractivity contribution in [1.82, 2.24) is 4.90 Å². The van der Waals surface area contributed by atoms with Gasteiger partial charge in [-0.1, -0.05) is 15.9 Å². The SMILES string of the molecule is O=C(C1CCCc2sccc21)N(CCBr)CC(F)F. The van der Waals surface area contributed by atoms with Crippen LogP contribution in [0.2, 0.25) is 0 Å². The van der Waals surface area contributed by atoms with Crippen molar-refractivity contribution in [3.63, 3.8) is 0 Å². The first-order valence-electron chi connectivity index (χ1n) is 6.32. The minimum atomic E-state index is -2.48. The first kappa shape index (κ1) is 14.9. The molecule has 2 rings (SSSR count). The van der Waals surface area contributed by atoms with Gasteiger partial charge in [0.05, 0.1) is 12.5 Å². The Kier molecular flexibility index (Phi) is 5.33. The Labute approximate surface area is 123 Å². The highest BCUT2D eigenvalue weighted by Crippen LogP contribution is 2.36. The van der Waals surface area contributed by atoms with E-state index in [0.29, 0.717) is 11.9 Å². The van der Waals surface area contributed by atoms with Crippen LogP contribution in [-0.4, -0.2) is 35.7 Å². The molecule has 6 heteroatoms. The van der Waals surface area contributed by atoms with Crippen molar-refractivity contribution >= 4 is 33.2 Å². The van der Waals surface area contributed by atoms with Crippen molar-refractivity contribution in [3.05, 3.63) is 21.9 Å². The van der Waals surface area contributed by atoms with Crippen LogP contribution in [0.3, 0.4) is 0 Å². The summed E-state index contributed by atoms with van der Waals surface area (Å²) in [5, 5.41) is 2.51. The van der Waals surface area contributed by atoms with Crippen LogP contribution in [0.1, 0.15) is 29.2 Å². The average molecular weight is 352 g/mol. The van der Waals surface area contributed by atoms with E-state index in [1.807, 2.05) is 11.4 Å². The third-order valence-corrected chi connectivity index (χ3v) is 4.73. The number of aryl methyl sites for hydroxylation is 1. The molecule has 0 radical (unpaired) electrons. The fraction of sp³-hybridized carbons (Fsp3) is 0.615.